The van der Waals surface area contributed by atoms with Gasteiger partial charge in [-0.2, -0.15) is 0 Å². The molecule has 1 fully saturated rings. The van der Waals surface area contributed by atoms with Gasteiger partial charge in [-0.25, -0.2) is 0 Å². The third kappa shape index (κ3) is 3.61. The molecule has 0 spiro atoms. The molecular formula is C13H20N2O2. The van der Waals surface area contributed by atoms with Crippen molar-refractivity contribution in [3.05, 3.63) is 23.8 Å². The average Bonchev–Trinajstić information content (AvgIpc) is 3.10. The van der Waals surface area contributed by atoms with Crippen LogP contribution in [0.15, 0.2) is 18.2 Å². The van der Waals surface area contributed by atoms with Crippen molar-refractivity contribution in [3.8, 4) is 11.5 Å². The predicted molar refractivity (Wildman–Crippen MR) is 67.1 cm³/mol. The van der Waals surface area contributed by atoms with E-state index in [1.54, 1.807) is 12.1 Å². The first-order valence-electron chi connectivity index (χ1n) is 6.08. The van der Waals surface area contributed by atoms with E-state index in [0.717, 1.165) is 24.7 Å². The number of aromatic hydroxyl groups is 2. The predicted octanol–water partition coefficient (Wildman–Crippen LogP) is 1.28. The summed E-state index contributed by atoms with van der Waals surface area (Å²) in [5.41, 5.74) is 0.817. The van der Waals surface area contributed by atoms with Gasteiger partial charge >= 0.3 is 0 Å². The zero-order valence-electron chi connectivity index (χ0n) is 10.2. The number of likely N-dealkylation sites (N-methyl/N-ethyl adjacent to an activating group) is 1. The molecule has 0 unspecified atom stereocenters. The third-order valence-corrected chi connectivity index (χ3v) is 3.20. The summed E-state index contributed by atoms with van der Waals surface area (Å²) in [6.07, 6.45) is 2.66. The summed E-state index contributed by atoms with van der Waals surface area (Å²) in [5.74, 6) is 0.243. The Bertz CT molecular complexity index is 378. The molecule has 94 valence electrons. The minimum absolute atomic E-state index is 0.0970. The Morgan fingerprint density at radius 3 is 2.76 bits per heavy atom. The molecule has 0 heterocycles. The lowest BCUT2D eigenvalue weighted by Crippen LogP contribution is -2.30. The Morgan fingerprint density at radius 1 is 1.35 bits per heavy atom. The Hall–Kier alpha value is -1.26. The molecule has 0 aliphatic heterocycles. The summed E-state index contributed by atoms with van der Waals surface area (Å²) in [7, 11) is 2.15. The van der Waals surface area contributed by atoms with Crippen LogP contribution < -0.4 is 5.32 Å². The number of nitrogens with one attached hydrogen (secondary N) is 1. The second-order valence-corrected chi connectivity index (χ2v) is 4.70. The van der Waals surface area contributed by atoms with Crippen LogP contribution in [0.1, 0.15) is 18.4 Å². The van der Waals surface area contributed by atoms with Crippen molar-refractivity contribution >= 4 is 0 Å². The van der Waals surface area contributed by atoms with E-state index in [9.17, 15) is 5.11 Å². The number of nitrogens with zero attached hydrogens (tertiary/aromatic N) is 1. The highest BCUT2D eigenvalue weighted by Gasteiger charge is 2.25. The minimum atomic E-state index is 0.0970. The van der Waals surface area contributed by atoms with Crippen LogP contribution in [-0.2, 0) is 6.54 Å². The van der Waals surface area contributed by atoms with Crippen LogP contribution in [0.25, 0.3) is 0 Å². The molecule has 1 aliphatic carbocycles. The van der Waals surface area contributed by atoms with E-state index < -0.39 is 0 Å². The zero-order valence-corrected chi connectivity index (χ0v) is 10.2. The molecule has 1 aliphatic rings. The lowest BCUT2D eigenvalue weighted by molar-refractivity contribution is 0.321. The van der Waals surface area contributed by atoms with Crippen molar-refractivity contribution in [2.75, 3.05) is 20.1 Å². The molecule has 1 saturated carbocycles. The van der Waals surface area contributed by atoms with Crippen molar-refractivity contribution in [2.24, 2.45) is 0 Å². The van der Waals surface area contributed by atoms with E-state index >= 15 is 0 Å². The van der Waals surface area contributed by atoms with Gasteiger partial charge in [-0.05, 0) is 26.0 Å². The fourth-order valence-corrected chi connectivity index (χ4v) is 1.88. The van der Waals surface area contributed by atoms with Gasteiger partial charge in [-0.15, -0.1) is 0 Å². The third-order valence-electron chi connectivity index (χ3n) is 3.20. The normalized spacial score (nSPS) is 15.4. The molecule has 0 bridgehead atoms. The van der Waals surface area contributed by atoms with Gasteiger partial charge in [-0.1, -0.05) is 6.07 Å². The Kier molecular flexibility index (Phi) is 3.86. The highest BCUT2D eigenvalue weighted by atomic mass is 16.3. The number of hydrogen-bond donors (Lipinski definition) is 3. The lowest BCUT2D eigenvalue weighted by Gasteiger charge is -2.15. The first-order valence-corrected chi connectivity index (χ1v) is 6.08. The van der Waals surface area contributed by atoms with Crippen LogP contribution >= 0.6 is 0 Å². The van der Waals surface area contributed by atoms with Crippen molar-refractivity contribution in [1.82, 2.24) is 10.2 Å². The number of benzene rings is 1. The molecule has 0 atom stereocenters. The van der Waals surface area contributed by atoms with E-state index in [4.69, 9.17) is 5.11 Å². The molecule has 3 N–H and O–H groups in total. The minimum Gasteiger partial charge on any atom is -0.508 e. The van der Waals surface area contributed by atoms with Gasteiger partial charge in [0.15, 0.2) is 0 Å². The van der Waals surface area contributed by atoms with Gasteiger partial charge in [0.2, 0.25) is 0 Å². The summed E-state index contributed by atoms with van der Waals surface area (Å²) < 4.78 is 0. The Labute approximate surface area is 102 Å². The van der Waals surface area contributed by atoms with E-state index in [0.29, 0.717) is 6.54 Å². The molecule has 2 rings (SSSR count). The smallest absolute Gasteiger partial charge is 0.123 e. The molecule has 1 aromatic rings. The van der Waals surface area contributed by atoms with Crippen LogP contribution in [0, 0.1) is 0 Å². The maximum Gasteiger partial charge on any atom is 0.123 e. The monoisotopic (exact) mass is 236 g/mol. The molecule has 17 heavy (non-hydrogen) atoms. The summed E-state index contributed by atoms with van der Waals surface area (Å²) in [6.45, 7) is 2.57. The van der Waals surface area contributed by atoms with Crippen molar-refractivity contribution < 1.29 is 10.2 Å². The van der Waals surface area contributed by atoms with E-state index in [2.05, 4.69) is 17.3 Å². The number of phenolic OH excluding ortho intramolecular Hbond substituents is 2. The van der Waals surface area contributed by atoms with Crippen LogP contribution in [0.5, 0.6) is 11.5 Å². The second-order valence-electron chi connectivity index (χ2n) is 4.70. The standard InChI is InChI=1S/C13H20N2O2/c1-15(11-3-4-11)7-6-14-9-10-2-5-12(16)8-13(10)17/h2,5,8,11,14,16-17H,3-4,6-7,9H2,1H3. The van der Waals surface area contributed by atoms with Crippen LogP contribution in [0.4, 0.5) is 0 Å². The molecule has 4 nitrogen and oxygen atoms in total. The van der Waals surface area contributed by atoms with E-state index in [1.807, 2.05) is 0 Å². The largest absolute Gasteiger partial charge is 0.508 e. The van der Waals surface area contributed by atoms with Gasteiger partial charge in [-0.3, -0.25) is 0 Å². The maximum absolute atomic E-state index is 9.59. The van der Waals surface area contributed by atoms with Crippen LogP contribution in [0.2, 0.25) is 0 Å². The Balaban J connectivity index is 1.70. The fourth-order valence-electron chi connectivity index (χ4n) is 1.88. The quantitative estimate of drug-likeness (QED) is 0.651. The molecule has 0 amide bonds. The number of hydrogen-bond acceptors (Lipinski definition) is 4. The van der Waals surface area contributed by atoms with Gasteiger partial charge < -0.3 is 20.4 Å². The van der Waals surface area contributed by atoms with Crippen molar-refractivity contribution in [3.63, 3.8) is 0 Å². The van der Waals surface area contributed by atoms with Gasteiger partial charge in [0, 0.05) is 37.3 Å². The van der Waals surface area contributed by atoms with Crippen molar-refractivity contribution in [2.45, 2.75) is 25.4 Å². The van der Waals surface area contributed by atoms with Gasteiger partial charge in [0.1, 0.15) is 11.5 Å². The van der Waals surface area contributed by atoms with E-state index in [-0.39, 0.29) is 11.5 Å². The maximum atomic E-state index is 9.59. The molecule has 0 saturated heterocycles. The molecular weight excluding hydrogens is 216 g/mol. The second kappa shape index (κ2) is 5.38. The first kappa shape index (κ1) is 12.2. The Morgan fingerprint density at radius 2 is 2.12 bits per heavy atom. The SMILES string of the molecule is CN(CCNCc1ccc(O)cc1O)C1CC1. The summed E-state index contributed by atoms with van der Waals surface area (Å²) in [5, 5.41) is 22.0. The lowest BCUT2D eigenvalue weighted by atomic mass is 10.2. The topological polar surface area (TPSA) is 55.7 Å². The summed E-state index contributed by atoms with van der Waals surface area (Å²) >= 11 is 0. The average molecular weight is 236 g/mol. The number of rotatable bonds is 6. The van der Waals surface area contributed by atoms with E-state index in [1.165, 1.54) is 18.9 Å². The fraction of sp³-hybridized carbons (Fsp3) is 0.538. The summed E-state index contributed by atoms with van der Waals surface area (Å²) in [6, 6.07) is 5.49. The molecule has 0 radical (unpaired) electrons. The summed E-state index contributed by atoms with van der Waals surface area (Å²) in [4.78, 5) is 2.36. The van der Waals surface area contributed by atoms with Gasteiger partial charge in [0.05, 0.1) is 0 Å². The zero-order chi connectivity index (χ0) is 12.3. The highest BCUT2D eigenvalue weighted by Crippen LogP contribution is 2.24. The number of phenols is 2. The van der Waals surface area contributed by atoms with Crippen LogP contribution in [0.3, 0.4) is 0 Å². The molecule has 1 aromatic carbocycles. The molecule has 4 heteroatoms. The first-order chi connectivity index (χ1) is 8.16. The van der Waals surface area contributed by atoms with Crippen LogP contribution in [-0.4, -0.2) is 41.3 Å². The van der Waals surface area contributed by atoms with Crippen molar-refractivity contribution in [1.29, 1.82) is 0 Å². The van der Waals surface area contributed by atoms with Gasteiger partial charge in [0.25, 0.3) is 0 Å². The molecule has 0 aromatic heterocycles. The highest BCUT2D eigenvalue weighted by molar-refractivity contribution is 5.38.